The lowest BCUT2D eigenvalue weighted by Crippen LogP contribution is -2.50. The number of aryl methyl sites for hydroxylation is 1. The molecule has 5 heteroatoms. The van der Waals surface area contributed by atoms with Crippen molar-refractivity contribution in [2.24, 2.45) is 5.41 Å². The number of nitrogens with one attached hydrogen (secondary N) is 2. The molecule has 0 bridgehead atoms. The van der Waals surface area contributed by atoms with E-state index in [2.05, 4.69) is 34.6 Å². The van der Waals surface area contributed by atoms with Gasteiger partial charge in [0.1, 0.15) is 0 Å². The van der Waals surface area contributed by atoms with E-state index in [0.717, 1.165) is 24.4 Å². The molecule has 0 aromatic carbocycles. The Kier molecular flexibility index (Phi) is 3.38. The molecular formula is C15H23N5. The third-order valence-electron chi connectivity index (χ3n) is 4.35. The van der Waals surface area contributed by atoms with Crippen LogP contribution in [0.5, 0.6) is 0 Å². The lowest BCUT2D eigenvalue weighted by Gasteiger charge is -2.39. The molecule has 20 heavy (non-hydrogen) atoms. The SMILES string of the molecule is Cc1cccc2nc(NCC3NCCCC3(C)C)nn12. The zero-order valence-corrected chi connectivity index (χ0v) is 12.5. The monoisotopic (exact) mass is 273 g/mol. The molecule has 0 amide bonds. The standard InChI is InChI=1S/C15H23N5/c1-11-6-4-7-13-18-14(19-20(11)13)17-10-12-15(2,3)8-5-9-16-12/h4,6-7,12,16H,5,8-10H2,1-3H3,(H,17,19). The predicted octanol–water partition coefficient (Wildman–Crippen LogP) is 2.23. The predicted molar refractivity (Wildman–Crippen MR) is 81.0 cm³/mol. The maximum Gasteiger partial charge on any atom is 0.243 e. The Morgan fingerprint density at radius 2 is 2.30 bits per heavy atom. The van der Waals surface area contributed by atoms with Crippen LogP contribution in [0.25, 0.3) is 5.65 Å². The van der Waals surface area contributed by atoms with E-state index in [9.17, 15) is 0 Å². The van der Waals surface area contributed by atoms with Crippen LogP contribution in [0.1, 0.15) is 32.4 Å². The molecule has 1 atom stereocenters. The van der Waals surface area contributed by atoms with Gasteiger partial charge in [0.25, 0.3) is 0 Å². The summed E-state index contributed by atoms with van der Waals surface area (Å²) in [5, 5.41) is 11.5. The molecule has 0 spiro atoms. The highest BCUT2D eigenvalue weighted by Crippen LogP contribution is 2.30. The maximum atomic E-state index is 4.52. The molecule has 0 radical (unpaired) electrons. The molecule has 1 saturated heterocycles. The molecule has 1 aliphatic heterocycles. The molecule has 1 unspecified atom stereocenters. The number of aromatic nitrogens is 3. The van der Waals surface area contributed by atoms with Gasteiger partial charge in [-0.2, -0.15) is 4.98 Å². The second-order valence-corrected chi connectivity index (χ2v) is 6.35. The summed E-state index contributed by atoms with van der Waals surface area (Å²) in [5.74, 6) is 0.711. The van der Waals surface area contributed by atoms with Crippen molar-refractivity contribution < 1.29 is 0 Å². The first-order chi connectivity index (χ1) is 9.56. The third-order valence-corrected chi connectivity index (χ3v) is 4.35. The van der Waals surface area contributed by atoms with Crippen LogP contribution in [0.2, 0.25) is 0 Å². The summed E-state index contributed by atoms with van der Waals surface area (Å²) in [7, 11) is 0. The zero-order valence-electron chi connectivity index (χ0n) is 12.5. The highest BCUT2D eigenvalue weighted by Gasteiger charge is 2.31. The van der Waals surface area contributed by atoms with Gasteiger partial charge in [0, 0.05) is 18.3 Å². The minimum atomic E-state index is 0.320. The summed E-state index contributed by atoms with van der Waals surface area (Å²) >= 11 is 0. The van der Waals surface area contributed by atoms with Crippen molar-refractivity contribution in [3.8, 4) is 0 Å². The van der Waals surface area contributed by atoms with E-state index in [-0.39, 0.29) is 0 Å². The van der Waals surface area contributed by atoms with Crippen LogP contribution in [0.4, 0.5) is 5.95 Å². The van der Waals surface area contributed by atoms with E-state index < -0.39 is 0 Å². The van der Waals surface area contributed by atoms with Gasteiger partial charge in [-0.1, -0.05) is 19.9 Å². The first-order valence-corrected chi connectivity index (χ1v) is 7.36. The van der Waals surface area contributed by atoms with Gasteiger partial charge in [0.05, 0.1) is 0 Å². The number of rotatable bonds is 3. The number of anilines is 1. The van der Waals surface area contributed by atoms with Gasteiger partial charge in [-0.05, 0) is 43.9 Å². The number of hydrogen-bond donors (Lipinski definition) is 2. The minimum absolute atomic E-state index is 0.320. The third kappa shape index (κ3) is 2.50. The van der Waals surface area contributed by atoms with Crippen molar-refractivity contribution >= 4 is 11.6 Å². The Morgan fingerprint density at radius 3 is 3.05 bits per heavy atom. The zero-order chi connectivity index (χ0) is 14.2. The molecule has 3 rings (SSSR count). The topological polar surface area (TPSA) is 54.2 Å². The van der Waals surface area contributed by atoms with Gasteiger partial charge in [0.15, 0.2) is 5.65 Å². The molecule has 5 nitrogen and oxygen atoms in total. The van der Waals surface area contributed by atoms with E-state index in [1.54, 1.807) is 0 Å². The van der Waals surface area contributed by atoms with Gasteiger partial charge in [0.2, 0.25) is 5.95 Å². The van der Waals surface area contributed by atoms with Gasteiger partial charge in [-0.15, -0.1) is 5.10 Å². The fourth-order valence-electron chi connectivity index (χ4n) is 2.92. The largest absolute Gasteiger partial charge is 0.351 e. The molecule has 0 saturated carbocycles. The normalized spacial score (nSPS) is 22.1. The van der Waals surface area contributed by atoms with Crippen LogP contribution in [0.15, 0.2) is 18.2 Å². The van der Waals surface area contributed by atoms with Gasteiger partial charge < -0.3 is 10.6 Å². The molecule has 108 valence electrons. The Balaban J connectivity index is 1.72. The van der Waals surface area contributed by atoms with E-state index >= 15 is 0 Å². The van der Waals surface area contributed by atoms with Gasteiger partial charge >= 0.3 is 0 Å². The Bertz CT molecular complexity index is 601. The van der Waals surface area contributed by atoms with Crippen molar-refractivity contribution in [2.45, 2.75) is 39.7 Å². The van der Waals surface area contributed by atoms with Crippen LogP contribution in [0.3, 0.4) is 0 Å². The molecular weight excluding hydrogens is 250 g/mol. The molecule has 2 aromatic rings. The molecule has 1 aliphatic rings. The number of hydrogen-bond acceptors (Lipinski definition) is 4. The van der Waals surface area contributed by atoms with Gasteiger partial charge in [-0.3, -0.25) is 0 Å². The quantitative estimate of drug-likeness (QED) is 0.900. The summed E-state index contributed by atoms with van der Waals surface area (Å²) in [6, 6.07) is 6.49. The fraction of sp³-hybridized carbons (Fsp3) is 0.600. The molecule has 0 aliphatic carbocycles. The summed E-state index contributed by atoms with van der Waals surface area (Å²) < 4.78 is 1.88. The van der Waals surface area contributed by atoms with Crippen molar-refractivity contribution in [3.63, 3.8) is 0 Å². The molecule has 3 heterocycles. The number of fused-ring (bicyclic) bond motifs is 1. The van der Waals surface area contributed by atoms with Crippen LogP contribution in [-0.4, -0.2) is 33.7 Å². The summed E-state index contributed by atoms with van der Waals surface area (Å²) in [6.45, 7) is 8.66. The first-order valence-electron chi connectivity index (χ1n) is 7.36. The van der Waals surface area contributed by atoms with Crippen LogP contribution < -0.4 is 10.6 Å². The average Bonchev–Trinajstić information content (AvgIpc) is 2.81. The van der Waals surface area contributed by atoms with Crippen molar-refractivity contribution in [1.82, 2.24) is 19.9 Å². The van der Waals surface area contributed by atoms with Gasteiger partial charge in [-0.25, -0.2) is 4.52 Å². The van der Waals surface area contributed by atoms with Crippen molar-refractivity contribution in [1.29, 1.82) is 0 Å². The van der Waals surface area contributed by atoms with Crippen LogP contribution in [0, 0.1) is 12.3 Å². The summed E-state index contributed by atoms with van der Waals surface area (Å²) in [5.41, 5.74) is 2.31. The average molecular weight is 273 g/mol. The summed E-state index contributed by atoms with van der Waals surface area (Å²) in [4.78, 5) is 4.52. The van der Waals surface area contributed by atoms with Crippen molar-refractivity contribution in [3.05, 3.63) is 23.9 Å². The Hall–Kier alpha value is -1.62. The van der Waals surface area contributed by atoms with E-state index in [1.807, 2.05) is 29.6 Å². The molecule has 1 fully saturated rings. The molecule has 2 N–H and O–H groups in total. The number of pyridine rings is 1. The first kappa shape index (κ1) is 13.4. The highest BCUT2D eigenvalue weighted by molar-refractivity contribution is 5.44. The maximum absolute atomic E-state index is 4.52. The molecule has 2 aromatic heterocycles. The second-order valence-electron chi connectivity index (χ2n) is 6.35. The van der Waals surface area contributed by atoms with E-state index in [4.69, 9.17) is 0 Å². The minimum Gasteiger partial charge on any atom is -0.351 e. The fourth-order valence-corrected chi connectivity index (χ4v) is 2.92. The smallest absolute Gasteiger partial charge is 0.243 e. The lowest BCUT2D eigenvalue weighted by molar-refractivity contribution is 0.188. The van der Waals surface area contributed by atoms with Crippen molar-refractivity contribution in [2.75, 3.05) is 18.4 Å². The Labute approximate surface area is 119 Å². The number of nitrogens with zero attached hydrogens (tertiary/aromatic N) is 3. The number of piperidine rings is 1. The lowest BCUT2D eigenvalue weighted by atomic mass is 9.77. The Morgan fingerprint density at radius 1 is 1.45 bits per heavy atom. The highest BCUT2D eigenvalue weighted by atomic mass is 15.4. The van der Waals surface area contributed by atoms with E-state index in [1.165, 1.54) is 12.8 Å². The second kappa shape index (κ2) is 5.05. The van der Waals surface area contributed by atoms with Crippen LogP contribution >= 0.6 is 0 Å². The van der Waals surface area contributed by atoms with Crippen LogP contribution in [-0.2, 0) is 0 Å². The van der Waals surface area contributed by atoms with E-state index in [0.29, 0.717) is 17.4 Å². The summed E-state index contributed by atoms with van der Waals surface area (Å²) in [6.07, 6.45) is 2.53.